The third-order valence-corrected chi connectivity index (χ3v) is 7.34. The van der Waals surface area contributed by atoms with Crippen molar-refractivity contribution in [2.45, 2.75) is 56.1 Å². The number of nitrogens with zero attached hydrogens (tertiary/aromatic N) is 2. The second-order valence-electron chi connectivity index (χ2n) is 7.45. The van der Waals surface area contributed by atoms with E-state index in [1.165, 1.54) is 4.31 Å². The van der Waals surface area contributed by atoms with E-state index >= 15 is 0 Å². The van der Waals surface area contributed by atoms with Gasteiger partial charge in [-0.25, -0.2) is 8.42 Å². The first-order valence-corrected chi connectivity index (χ1v) is 11.1. The normalized spacial score (nSPS) is 23.7. The van der Waals surface area contributed by atoms with Gasteiger partial charge in [0.1, 0.15) is 0 Å². The predicted molar refractivity (Wildman–Crippen MR) is 104 cm³/mol. The zero-order valence-corrected chi connectivity index (χ0v) is 16.6. The van der Waals surface area contributed by atoms with Gasteiger partial charge >= 0.3 is 0 Å². The van der Waals surface area contributed by atoms with Crippen molar-refractivity contribution in [2.75, 3.05) is 31.5 Å². The minimum atomic E-state index is -3.46. The molecule has 3 rings (SSSR count). The van der Waals surface area contributed by atoms with Crippen LogP contribution in [0.3, 0.4) is 0 Å². The quantitative estimate of drug-likeness (QED) is 0.791. The van der Waals surface area contributed by atoms with Crippen LogP contribution in [0.25, 0.3) is 0 Å². The summed E-state index contributed by atoms with van der Waals surface area (Å²) < 4.78 is 26.9. The van der Waals surface area contributed by atoms with E-state index in [-0.39, 0.29) is 22.9 Å². The number of carbonyl (C=O) groups excluding carboxylic acids is 1. The number of carbonyl (C=O) groups is 1. The van der Waals surface area contributed by atoms with Gasteiger partial charge in [-0.05, 0) is 63.4 Å². The van der Waals surface area contributed by atoms with E-state index in [0.717, 1.165) is 38.6 Å². The second kappa shape index (κ2) is 8.68. The minimum absolute atomic E-state index is 0.157. The molecule has 0 saturated carbocycles. The van der Waals surface area contributed by atoms with Gasteiger partial charge in [-0.3, -0.25) is 9.69 Å². The van der Waals surface area contributed by atoms with Crippen molar-refractivity contribution < 1.29 is 18.3 Å². The Balaban J connectivity index is 1.62. The third-order valence-electron chi connectivity index (χ3n) is 5.43. The lowest BCUT2D eigenvalue weighted by molar-refractivity contribution is -0.121. The third kappa shape index (κ3) is 4.87. The van der Waals surface area contributed by atoms with Crippen molar-refractivity contribution in [3.63, 3.8) is 0 Å². The summed E-state index contributed by atoms with van der Waals surface area (Å²) in [5.74, 6) is -0.157. The molecule has 2 saturated heterocycles. The second-order valence-corrected chi connectivity index (χ2v) is 9.38. The summed E-state index contributed by atoms with van der Waals surface area (Å²) in [4.78, 5) is 14.7. The Labute approximate surface area is 161 Å². The topological polar surface area (TPSA) is 90.0 Å². The van der Waals surface area contributed by atoms with Gasteiger partial charge in [-0.2, -0.15) is 4.31 Å². The summed E-state index contributed by atoms with van der Waals surface area (Å²) in [5, 5.41) is 12.6. The molecule has 2 atom stereocenters. The van der Waals surface area contributed by atoms with E-state index in [9.17, 15) is 18.3 Å². The smallest absolute Gasteiger partial charge is 0.243 e. The van der Waals surface area contributed by atoms with Crippen LogP contribution in [0.2, 0.25) is 0 Å². The van der Waals surface area contributed by atoms with Gasteiger partial charge in [-0.1, -0.05) is 6.42 Å². The van der Waals surface area contributed by atoms with Gasteiger partial charge in [0.05, 0.1) is 17.0 Å². The largest absolute Gasteiger partial charge is 0.392 e. The molecule has 8 heteroatoms. The van der Waals surface area contributed by atoms with Crippen molar-refractivity contribution in [3.8, 4) is 0 Å². The van der Waals surface area contributed by atoms with Crippen LogP contribution in [0.5, 0.6) is 0 Å². The van der Waals surface area contributed by atoms with Crippen LogP contribution in [0.1, 0.15) is 39.0 Å². The number of likely N-dealkylation sites (tertiary alicyclic amines) is 1. The summed E-state index contributed by atoms with van der Waals surface area (Å²) in [7, 11) is -3.46. The first-order chi connectivity index (χ1) is 12.9. The fourth-order valence-corrected chi connectivity index (χ4v) is 5.23. The zero-order chi connectivity index (χ0) is 19.4. The molecule has 2 aliphatic rings. The maximum Gasteiger partial charge on any atom is 0.243 e. The van der Waals surface area contributed by atoms with Crippen molar-refractivity contribution in [1.29, 1.82) is 0 Å². The molecule has 0 aliphatic carbocycles. The van der Waals surface area contributed by atoms with Crippen LogP contribution >= 0.6 is 0 Å². The Morgan fingerprint density at radius 1 is 1.11 bits per heavy atom. The van der Waals surface area contributed by atoms with E-state index in [0.29, 0.717) is 25.3 Å². The number of rotatable bonds is 5. The highest BCUT2D eigenvalue weighted by Gasteiger charge is 2.27. The van der Waals surface area contributed by atoms with E-state index in [1.807, 2.05) is 11.8 Å². The van der Waals surface area contributed by atoms with E-state index in [4.69, 9.17) is 0 Å². The summed E-state index contributed by atoms with van der Waals surface area (Å²) in [6.07, 6.45) is 4.14. The predicted octanol–water partition coefficient (Wildman–Crippen LogP) is 1.64. The number of hydrogen-bond donors (Lipinski definition) is 2. The van der Waals surface area contributed by atoms with Crippen LogP contribution in [-0.4, -0.2) is 67.0 Å². The number of hydrogen-bond acceptors (Lipinski definition) is 5. The number of amides is 1. The first kappa shape index (κ1) is 20.3. The van der Waals surface area contributed by atoms with Crippen LogP contribution in [0, 0.1) is 0 Å². The lowest BCUT2D eigenvalue weighted by Gasteiger charge is -2.33. The standard InChI is InChI=1S/C19H29N3O4S/c1-15(21-11-5-6-17(23)14-21)19(24)20-16-7-9-18(10-8-16)27(25,26)22-12-3-2-4-13-22/h7-10,15,17,23H,2-6,11-14H2,1H3,(H,20,24). The molecule has 27 heavy (non-hydrogen) atoms. The molecule has 2 fully saturated rings. The molecule has 1 aromatic carbocycles. The number of benzene rings is 1. The molecule has 1 amide bonds. The van der Waals surface area contributed by atoms with Crippen molar-refractivity contribution in [3.05, 3.63) is 24.3 Å². The lowest BCUT2D eigenvalue weighted by Crippen LogP contribution is -2.48. The highest BCUT2D eigenvalue weighted by atomic mass is 32.2. The van der Waals surface area contributed by atoms with Gasteiger partial charge in [0.25, 0.3) is 0 Å². The average Bonchev–Trinajstić information content (AvgIpc) is 2.68. The molecule has 0 aromatic heterocycles. The number of nitrogens with one attached hydrogen (secondary N) is 1. The van der Waals surface area contributed by atoms with Gasteiger partial charge in [-0.15, -0.1) is 0 Å². The molecular weight excluding hydrogens is 366 g/mol. The van der Waals surface area contributed by atoms with Crippen molar-refractivity contribution >= 4 is 21.6 Å². The van der Waals surface area contributed by atoms with Gasteiger partial charge in [0.2, 0.25) is 15.9 Å². The monoisotopic (exact) mass is 395 g/mol. The van der Waals surface area contributed by atoms with Crippen LogP contribution in [0.4, 0.5) is 5.69 Å². The molecule has 2 N–H and O–H groups in total. The molecule has 2 heterocycles. The van der Waals surface area contributed by atoms with E-state index in [1.54, 1.807) is 24.3 Å². The van der Waals surface area contributed by atoms with Crippen LogP contribution in [0.15, 0.2) is 29.2 Å². The Hall–Kier alpha value is -1.48. The average molecular weight is 396 g/mol. The van der Waals surface area contributed by atoms with E-state index < -0.39 is 10.0 Å². The van der Waals surface area contributed by atoms with Crippen LogP contribution < -0.4 is 5.32 Å². The van der Waals surface area contributed by atoms with Gasteiger partial charge in [0.15, 0.2) is 0 Å². The Morgan fingerprint density at radius 2 is 1.78 bits per heavy atom. The number of anilines is 1. The number of β-amino-alcohol motifs (C(OH)–C–C–N with tert-alkyl or cyclic N) is 1. The Kier molecular flexibility index (Phi) is 6.52. The molecule has 0 spiro atoms. The molecule has 2 aliphatic heterocycles. The molecule has 1 aromatic rings. The van der Waals surface area contributed by atoms with Crippen molar-refractivity contribution in [2.24, 2.45) is 0 Å². The SMILES string of the molecule is CC(C(=O)Nc1ccc(S(=O)(=O)N2CCCCC2)cc1)N1CCCC(O)C1. The number of sulfonamides is 1. The summed E-state index contributed by atoms with van der Waals surface area (Å²) in [6.45, 7) is 4.25. The summed E-state index contributed by atoms with van der Waals surface area (Å²) in [5.41, 5.74) is 0.571. The lowest BCUT2D eigenvalue weighted by atomic mass is 10.1. The molecule has 150 valence electrons. The summed E-state index contributed by atoms with van der Waals surface area (Å²) in [6, 6.07) is 6.01. The fourth-order valence-electron chi connectivity index (χ4n) is 3.71. The highest BCUT2D eigenvalue weighted by Crippen LogP contribution is 2.22. The maximum atomic E-state index is 12.7. The fraction of sp³-hybridized carbons (Fsp3) is 0.632. The maximum absolute atomic E-state index is 12.7. The van der Waals surface area contributed by atoms with Gasteiger partial charge in [0, 0.05) is 25.3 Å². The molecule has 7 nitrogen and oxygen atoms in total. The first-order valence-electron chi connectivity index (χ1n) is 9.71. The number of aliphatic hydroxyl groups excluding tert-OH is 1. The highest BCUT2D eigenvalue weighted by molar-refractivity contribution is 7.89. The number of aliphatic hydroxyl groups is 1. The molecule has 0 bridgehead atoms. The minimum Gasteiger partial charge on any atom is -0.392 e. The molecule has 2 unspecified atom stereocenters. The van der Waals surface area contributed by atoms with E-state index in [2.05, 4.69) is 5.32 Å². The number of piperidine rings is 2. The zero-order valence-electron chi connectivity index (χ0n) is 15.8. The Bertz CT molecular complexity index is 745. The van der Waals surface area contributed by atoms with Gasteiger partial charge < -0.3 is 10.4 Å². The molecule has 0 radical (unpaired) electrons. The Morgan fingerprint density at radius 3 is 2.41 bits per heavy atom. The summed E-state index contributed by atoms with van der Waals surface area (Å²) >= 11 is 0. The van der Waals surface area contributed by atoms with Crippen LogP contribution in [-0.2, 0) is 14.8 Å². The molecular formula is C19H29N3O4S. The van der Waals surface area contributed by atoms with Crippen molar-refractivity contribution in [1.82, 2.24) is 9.21 Å².